The maximum atomic E-state index is 12.3. The zero-order valence-corrected chi connectivity index (χ0v) is 13.4. The van der Waals surface area contributed by atoms with Gasteiger partial charge in [0, 0.05) is 31.2 Å². The van der Waals surface area contributed by atoms with E-state index in [4.69, 9.17) is 4.74 Å². The van der Waals surface area contributed by atoms with Crippen LogP contribution < -0.4 is 5.32 Å². The Kier molecular flexibility index (Phi) is 4.52. The van der Waals surface area contributed by atoms with E-state index in [9.17, 15) is 4.79 Å². The molecule has 1 N–H and O–H groups in total. The first-order valence-corrected chi connectivity index (χ1v) is 7.67. The maximum absolute atomic E-state index is 12.3. The van der Waals surface area contributed by atoms with Crippen LogP contribution in [0.3, 0.4) is 0 Å². The summed E-state index contributed by atoms with van der Waals surface area (Å²) < 4.78 is 5.25. The van der Waals surface area contributed by atoms with Gasteiger partial charge in [0.1, 0.15) is 0 Å². The number of aryl methyl sites for hydroxylation is 2. The summed E-state index contributed by atoms with van der Waals surface area (Å²) in [6.45, 7) is 6.52. The van der Waals surface area contributed by atoms with E-state index < -0.39 is 0 Å². The summed E-state index contributed by atoms with van der Waals surface area (Å²) in [5.74, 6) is 0.429. The quantitative estimate of drug-likeness (QED) is 0.942. The van der Waals surface area contributed by atoms with Crippen LogP contribution in [-0.2, 0) is 4.74 Å². The van der Waals surface area contributed by atoms with Gasteiger partial charge in [-0.05, 0) is 37.1 Å². The zero-order chi connectivity index (χ0) is 16.2. The molecular formula is C17H20N4O2. The van der Waals surface area contributed by atoms with Crippen LogP contribution in [0.5, 0.6) is 0 Å². The fourth-order valence-electron chi connectivity index (χ4n) is 2.40. The number of carbonyl (C=O) groups excluding carboxylic acids is 1. The Balaban J connectivity index is 1.68. The number of morpholine rings is 1. The molecule has 2 aromatic rings. The van der Waals surface area contributed by atoms with Gasteiger partial charge in [0.2, 0.25) is 5.95 Å². The molecule has 0 radical (unpaired) electrons. The van der Waals surface area contributed by atoms with Crippen LogP contribution in [0, 0.1) is 13.8 Å². The number of benzene rings is 1. The first-order chi connectivity index (χ1) is 11.1. The summed E-state index contributed by atoms with van der Waals surface area (Å²) in [6.07, 6.45) is 3.13. The van der Waals surface area contributed by atoms with Gasteiger partial charge in [-0.15, -0.1) is 0 Å². The molecule has 1 aromatic carbocycles. The lowest BCUT2D eigenvalue weighted by Gasteiger charge is -2.26. The Morgan fingerprint density at radius 3 is 2.48 bits per heavy atom. The van der Waals surface area contributed by atoms with Crippen LogP contribution in [0.15, 0.2) is 30.6 Å². The van der Waals surface area contributed by atoms with Gasteiger partial charge in [-0.1, -0.05) is 6.07 Å². The predicted molar refractivity (Wildman–Crippen MR) is 88.0 cm³/mol. The van der Waals surface area contributed by atoms with Crippen molar-refractivity contribution in [1.82, 2.24) is 14.9 Å². The molecule has 6 heteroatoms. The standard InChI is InChI=1S/C17H20N4O2/c1-12-3-4-15(9-13(12)2)20-17-18-10-14(11-19-17)16(22)21-5-7-23-8-6-21/h3-4,9-11H,5-8H2,1-2H3,(H,18,19,20). The van der Waals surface area contributed by atoms with Crippen molar-refractivity contribution in [2.45, 2.75) is 13.8 Å². The van der Waals surface area contributed by atoms with Crippen molar-refractivity contribution in [3.63, 3.8) is 0 Å². The number of hydrogen-bond donors (Lipinski definition) is 1. The topological polar surface area (TPSA) is 67.4 Å². The summed E-state index contributed by atoms with van der Waals surface area (Å²) in [5.41, 5.74) is 3.87. The predicted octanol–water partition coefficient (Wildman–Crippen LogP) is 2.31. The van der Waals surface area contributed by atoms with Crippen molar-refractivity contribution in [3.05, 3.63) is 47.3 Å². The lowest BCUT2D eigenvalue weighted by Crippen LogP contribution is -2.40. The zero-order valence-electron chi connectivity index (χ0n) is 13.4. The lowest BCUT2D eigenvalue weighted by atomic mass is 10.1. The number of rotatable bonds is 3. The molecule has 23 heavy (non-hydrogen) atoms. The first kappa shape index (κ1) is 15.4. The number of aromatic nitrogens is 2. The van der Waals surface area contributed by atoms with Crippen LogP contribution in [0.25, 0.3) is 0 Å². The monoisotopic (exact) mass is 312 g/mol. The second kappa shape index (κ2) is 6.75. The van der Waals surface area contributed by atoms with Gasteiger partial charge in [0.25, 0.3) is 5.91 Å². The van der Waals surface area contributed by atoms with Crippen molar-refractivity contribution < 1.29 is 9.53 Å². The van der Waals surface area contributed by atoms with E-state index in [1.54, 1.807) is 17.3 Å². The third kappa shape index (κ3) is 3.65. The molecule has 6 nitrogen and oxygen atoms in total. The SMILES string of the molecule is Cc1ccc(Nc2ncc(C(=O)N3CCOCC3)cn2)cc1C. The Hall–Kier alpha value is -2.47. The van der Waals surface area contributed by atoms with E-state index in [1.165, 1.54) is 11.1 Å². The number of ether oxygens (including phenoxy) is 1. The molecule has 1 saturated heterocycles. The van der Waals surface area contributed by atoms with Gasteiger partial charge in [0.15, 0.2) is 0 Å². The molecule has 1 aromatic heterocycles. The number of nitrogens with zero attached hydrogens (tertiary/aromatic N) is 3. The highest BCUT2D eigenvalue weighted by atomic mass is 16.5. The van der Waals surface area contributed by atoms with Crippen LogP contribution in [0.2, 0.25) is 0 Å². The van der Waals surface area contributed by atoms with Crippen LogP contribution in [0.4, 0.5) is 11.6 Å². The normalized spacial score (nSPS) is 14.6. The number of anilines is 2. The Bertz CT molecular complexity index is 694. The Morgan fingerprint density at radius 2 is 1.83 bits per heavy atom. The number of amides is 1. The minimum absolute atomic E-state index is 0.0500. The van der Waals surface area contributed by atoms with Gasteiger partial charge >= 0.3 is 0 Å². The van der Waals surface area contributed by atoms with E-state index in [-0.39, 0.29) is 5.91 Å². The van der Waals surface area contributed by atoms with Gasteiger partial charge in [-0.2, -0.15) is 0 Å². The van der Waals surface area contributed by atoms with E-state index >= 15 is 0 Å². The molecule has 0 atom stereocenters. The average Bonchev–Trinajstić information content (AvgIpc) is 2.59. The minimum atomic E-state index is -0.0500. The van der Waals surface area contributed by atoms with E-state index in [2.05, 4.69) is 29.1 Å². The fraction of sp³-hybridized carbons (Fsp3) is 0.353. The van der Waals surface area contributed by atoms with Gasteiger partial charge in [-0.25, -0.2) is 9.97 Å². The molecule has 120 valence electrons. The molecular weight excluding hydrogens is 292 g/mol. The third-order valence-electron chi connectivity index (χ3n) is 3.96. The molecule has 0 spiro atoms. The summed E-state index contributed by atoms with van der Waals surface area (Å²) in [4.78, 5) is 22.6. The molecule has 0 aliphatic carbocycles. The van der Waals surface area contributed by atoms with Crippen molar-refractivity contribution in [3.8, 4) is 0 Å². The van der Waals surface area contributed by atoms with Gasteiger partial charge < -0.3 is 15.0 Å². The lowest BCUT2D eigenvalue weighted by molar-refractivity contribution is 0.0302. The van der Waals surface area contributed by atoms with E-state index in [1.807, 2.05) is 18.2 Å². The molecule has 3 rings (SSSR count). The largest absolute Gasteiger partial charge is 0.378 e. The molecule has 0 bridgehead atoms. The molecule has 1 fully saturated rings. The van der Waals surface area contributed by atoms with Crippen molar-refractivity contribution >= 4 is 17.5 Å². The maximum Gasteiger partial charge on any atom is 0.257 e. The van der Waals surface area contributed by atoms with Crippen LogP contribution in [0.1, 0.15) is 21.5 Å². The summed E-state index contributed by atoms with van der Waals surface area (Å²) in [5, 5.41) is 3.15. The number of hydrogen-bond acceptors (Lipinski definition) is 5. The van der Waals surface area contributed by atoms with Crippen molar-refractivity contribution in [2.24, 2.45) is 0 Å². The third-order valence-corrected chi connectivity index (χ3v) is 3.96. The Labute approximate surface area is 135 Å². The van der Waals surface area contributed by atoms with Crippen molar-refractivity contribution in [2.75, 3.05) is 31.6 Å². The number of nitrogens with one attached hydrogen (secondary N) is 1. The highest BCUT2D eigenvalue weighted by Gasteiger charge is 2.19. The number of carbonyl (C=O) groups is 1. The molecule has 0 saturated carbocycles. The van der Waals surface area contributed by atoms with Gasteiger partial charge in [0.05, 0.1) is 18.8 Å². The Morgan fingerprint density at radius 1 is 1.13 bits per heavy atom. The summed E-state index contributed by atoms with van der Waals surface area (Å²) >= 11 is 0. The molecule has 1 aliphatic rings. The second-order valence-electron chi connectivity index (χ2n) is 5.62. The van der Waals surface area contributed by atoms with E-state index in [0.717, 1.165) is 5.69 Å². The van der Waals surface area contributed by atoms with Crippen LogP contribution >= 0.6 is 0 Å². The second-order valence-corrected chi connectivity index (χ2v) is 5.62. The van der Waals surface area contributed by atoms with Crippen LogP contribution in [-0.4, -0.2) is 47.1 Å². The molecule has 1 amide bonds. The fourth-order valence-corrected chi connectivity index (χ4v) is 2.40. The molecule has 1 aliphatic heterocycles. The highest BCUT2D eigenvalue weighted by Crippen LogP contribution is 2.17. The minimum Gasteiger partial charge on any atom is -0.378 e. The molecule has 2 heterocycles. The summed E-state index contributed by atoms with van der Waals surface area (Å²) in [6, 6.07) is 6.08. The summed E-state index contributed by atoms with van der Waals surface area (Å²) in [7, 11) is 0. The first-order valence-electron chi connectivity index (χ1n) is 7.67. The van der Waals surface area contributed by atoms with Crippen molar-refractivity contribution in [1.29, 1.82) is 0 Å². The highest BCUT2D eigenvalue weighted by molar-refractivity contribution is 5.93. The average molecular weight is 312 g/mol. The smallest absolute Gasteiger partial charge is 0.257 e. The molecule has 0 unspecified atom stereocenters. The van der Waals surface area contributed by atoms with E-state index in [0.29, 0.717) is 37.8 Å². The van der Waals surface area contributed by atoms with Gasteiger partial charge in [-0.3, -0.25) is 4.79 Å².